The van der Waals surface area contributed by atoms with Crippen LogP contribution >= 0.6 is 0 Å². The number of carbonyl (C=O) groups excluding carboxylic acids is 1. The molecule has 1 atom stereocenters. The topological polar surface area (TPSA) is 52.3 Å². The van der Waals surface area contributed by atoms with Gasteiger partial charge in [-0.3, -0.25) is 4.79 Å². The normalized spacial score (nSPS) is 13.0. The molecule has 0 spiro atoms. The smallest absolute Gasteiger partial charge is 0.305 e. The SMILES string of the molecule is CCC(CC)C(N)CCC(=O)OC. The van der Waals surface area contributed by atoms with E-state index in [1.54, 1.807) is 0 Å². The lowest BCUT2D eigenvalue weighted by Gasteiger charge is -2.20. The minimum absolute atomic E-state index is 0.133. The summed E-state index contributed by atoms with van der Waals surface area (Å²) in [5.41, 5.74) is 5.93. The molecule has 0 saturated heterocycles. The zero-order valence-electron chi connectivity index (χ0n) is 8.88. The van der Waals surface area contributed by atoms with E-state index in [1.807, 2.05) is 0 Å². The fourth-order valence-electron chi connectivity index (χ4n) is 1.52. The average Bonchev–Trinajstić information content (AvgIpc) is 2.16. The summed E-state index contributed by atoms with van der Waals surface area (Å²) >= 11 is 0. The van der Waals surface area contributed by atoms with Crippen molar-refractivity contribution in [2.45, 2.75) is 45.6 Å². The Morgan fingerprint density at radius 3 is 2.31 bits per heavy atom. The van der Waals surface area contributed by atoms with Crippen molar-refractivity contribution in [1.82, 2.24) is 0 Å². The monoisotopic (exact) mass is 187 g/mol. The molecule has 0 aliphatic heterocycles. The number of ether oxygens (including phenoxy) is 1. The van der Waals surface area contributed by atoms with Crippen LogP contribution in [0.3, 0.4) is 0 Å². The van der Waals surface area contributed by atoms with Gasteiger partial charge in [0.2, 0.25) is 0 Å². The summed E-state index contributed by atoms with van der Waals surface area (Å²) in [4.78, 5) is 10.8. The van der Waals surface area contributed by atoms with Crippen LogP contribution in [0, 0.1) is 5.92 Å². The Morgan fingerprint density at radius 2 is 1.92 bits per heavy atom. The van der Waals surface area contributed by atoms with Crippen LogP contribution in [-0.2, 0) is 9.53 Å². The van der Waals surface area contributed by atoms with Gasteiger partial charge < -0.3 is 10.5 Å². The molecule has 0 aliphatic carbocycles. The molecule has 0 rings (SSSR count). The number of nitrogens with two attached hydrogens (primary N) is 1. The molecule has 0 heterocycles. The predicted molar refractivity (Wildman–Crippen MR) is 53.3 cm³/mol. The van der Waals surface area contributed by atoms with E-state index in [-0.39, 0.29) is 12.0 Å². The molecule has 3 heteroatoms. The van der Waals surface area contributed by atoms with E-state index in [9.17, 15) is 4.79 Å². The first-order valence-electron chi connectivity index (χ1n) is 4.98. The van der Waals surface area contributed by atoms with E-state index < -0.39 is 0 Å². The summed E-state index contributed by atoms with van der Waals surface area (Å²) in [5.74, 6) is 0.367. The molecular weight excluding hydrogens is 166 g/mol. The van der Waals surface area contributed by atoms with Gasteiger partial charge in [-0.2, -0.15) is 0 Å². The molecule has 78 valence electrons. The van der Waals surface area contributed by atoms with E-state index in [1.165, 1.54) is 7.11 Å². The first-order valence-corrected chi connectivity index (χ1v) is 4.98. The summed E-state index contributed by atoms with van der Waals surface area (Å²) in [5, 5.41) is 0. The summed E-state index contributed by atoms with van der Waals surface area (Å²) < 4.78 is 4.55. The zero-order chi connectivity index (χ0) is 10.3. The quantitative estimate of drug-likeness (QED) is 0.644. The predicted octanol–water partition coefficient (Wildman–Crippen LogP) is 1.70. The Kier molecular flexibility index (Phi) is 6.59. The number of hydrogen-bond donors (Lipinski definition) is 1. The van der Waals surface area contributed by atoms with E-state index in [0.717, 1.165) is 19.3 Å². The Bertz CT molecular complexity index is 144. The molecule has 0 aromatic heterocycles. The van der Waals surface area contributed by atoms with Gasteiger partial charge in [0, 0.05) is 12.5 Å². The van der Waals surface area contributed by atoms with Gasteiger partial charge in [0.15, 0.2) is 0 Å². The largest absolute Gasteiger partial charge is 0.469 e. The highest BCUT2D eigenvalue weighted by molar-refractivity contribution is 5.69. The summed E-state index contributed by atoms with van der Waals surface area (Å²) in [7, 11) is 1.41. The highest BCUT2D eigenvalue weighted by Crippen LogP contribution is 2.15. The second kappa shape index (κ2) is 6.89. The van der Waals surface area contributed by atoms with E-state index in [2.05, 4.69) is 18.6 Å². The van der Waals surface area contributed by atoms with Gasteiger partial charge in [-0.15, -0.1) is 0 Å². The van der Waals surface area contributed by atoms with Crippen molar-refractivity contribution in [3.05, 3.63) is 0 Å². The minimum Gasteiger partial charge on any atom is -0.469 e. The summed E-state index contributed by atoms with van der Waals surface area (Å²) in [6.45, 7) is 4.26. The lowest BCUT2D eigenvalue weighted by Crippen LogP contribution is -2.30. The van der Waals surface area contributed by atoms with Crippen molar-refractivity contribution < 1.29 is 9.53 Å². The third-order valence-electron chi connectivity index (χ3n) is 2.56. The average molecular weight is 187 g/mol. The van der Waals surface area contributed by atoms with E-state index in [4.69, 9.17) is 5.73 Å². The van der Waals surface area contributed by atoms with Crippen molar-refractivity contribution in [1.29, 1.82) is 0 Å². The molecular formula is C10H21NO2. The molecule has 13 heavy (non-hydrogen) atoms. The van der Waals surface area contributed by atoms with Gasteiger partial charge in [-0.05, 0) is 12.3 Å². The molecule has 0 radical (unpaired) electrons. The molecule has 0 bridgehead atoms. The number of esters is 1. The summed E-state index contributed by atoms with van der Waals surface area (Å²) in [6, 6.07) is 0.133. The van der Waals surface area contributed by atoms with Crippen LogP contribution in [-0.4, -0.2) is 19.1 Å². The second-order valence-electron chi connectivity index (χ2n) is 3.36. The fraction of sp³-hybridized carbons (Fsp3) is 0.900. The van der Waals surface area contributed by atoms with Crippen molar-refractivity contribution in [2.24, 2.45) is 11.7 Å². The van der Waals surface area contributed by atoms with Crippen molar-refractivity contribution >= 4 is 5.97 Å². The van der Waals surface area contributed by atoms with Gasteiger partial charge in [0.1, 0.15) is 0 Å². The first-order chi connectivity index (χ1) is 6.15. The number of rotatable bonds is 6. The molecule has 0 saturated carbocycles. The third kappa shape index (κ3) is 4.88. The van der Waals surface area contributed by atoms with E-state index >= 15 is 0 Å². The lowest BCUT2D eigenvalue weighted by atomic mass is 9.92. The van der Waals surface area contributed by atoms with Crippen LogP contribution in [0.15, 0.2) is 0 Å². The molecule has 0 amide bonds. The Balaban J connectivity index is 3.71. The maximum atomic E-state index is 10.8. The van der Waals surface area contributed by atoms with Crippen LogP contribution in [0.1, 0.15) is 39.5 Å². The maximum absolute atomic E-state index is 10.8. The Morgan fingerprint density at radius 1 is 1.38 bits per heavy atom. The molecule has 2 N–H and O–H groups in total. The van der Waals surface area contributed by atoms with Crippen LogP contribution in [0.2, 0.25) is 0 Å². The minimum atomic E-state index is -0.165. The highest BCUT2D eigenvalue weighted by atomic mass is 16.5. The van der Waals surface area contributed by atoms with Crippen LogP contribution < -0.4 is 5.73 Å². The van der Waals surface area contributed by atoms with Crippen LogP contribution in [0.4, 0.5) is 0 Å². The van der Waals surface area contributed by atoms with Crippen LogP contribution in [0.5, 0.6) is 0 Å². The molecule has 0 fully saturated rings. The highest BCUT2D eigenvalue weighted by Gasteiger charge is 2.15. The van der Waals surface area contributed by atoms with Gasteiger partial charge in [-0.25, -0.2) is 0 Å². The van der Waals surface area contributed by atoms with Crippen molar-refractivity contribution in [3.63, 3.8) is 0 Å². The van der Waals surface area contributed by atoms with Gasteiger partial charge >= 0.3 is 5.97 Å². The lowest BCUT2D eigenvalue weighted by molar-refractivity contribution is -0.140. The number of methoxy groups -OCH3 is 1. The fourth-order valence-corrected chi connectivity index (χ4v) is 1.52. The standard InChI is InChI=1S/C10H21NO2/c1-4-8(5-2)9(11)6-7-10(12)13-3/h8-9H,4-7,11H2,1-3H3. The maximum Gasteiger partial charge on any atom is 0.305 e. The molecule has 3 nitrogen and oxygen atoms in total. The third-order valence-corrected chi connectivity index (χ3v) is 2.56. The van der Waals surface area contributed by atoms with Crippen LogP contribution in [0.25, 0.3) is 0 Å². The zero-order valence-corrected chi connectivity index (χ0v) is 8.88. The van der Waals surface area contributed by atoms with Gasteiger partial charge in [-0.1, -0.05) is 26.7 Å². The molecule has 0 aromatic rings. The van der Waals surface area contributed by atoms with Gasteiger partial charge in [0.25, 0.3) is 0 Å². The van der Waals surface area contributed by atoms with E-state index in [0.29, 0.717) is 12.3 Å². The summed E-state index contributed by atoms with van der Waals surface area (Å²) in [6.07, 6.45) is 3.34. The van der Waals surface area contributed by atoms with Crippen molar-refractivity contribution in [2.75, 3.05) is 7.11 Å². The Hall–Kier alpha value is -0.570. The molecule has 0 aromatic carbocycles. The number of carbonyl (C=O) groups is 1. The second-order valence-corrected chi connectivity index (χ2v) is 3.36. The first kappa shape index (κ1) is 12.4. The Labute approximate surface area is 80.6 Å². The molecule has 0 aliphatic rings. The molecule has 1 unspecified atom stereocenters. The number of hydrogen-bond acceptors (Lipinski definition) is 3. The van der Waals surface area contributed by atoms with Crippen molar-refractivity contribution in [3.8, 4) is 0 Å². The van der Waals surface area contributed by atoms with Gasteiger partial charge in [0.05, 0.1) is 7.11 Å².